The molecule has 3 atom stereocenters. The van der Waals surface area contributed by atoms with E-state index in [0.717, 1.165) is 38.9 Å². The highest BCUT2D eigenvalue weighted by atomic mass is 16.3. The van der Waals surface area contributed by atoms with Crippen LogP contribution in [0, 0.1) is 11.8 Å². The zero-order valence-corrected chi connectivity index (χ0v) is 14.1. The molecule has 3 fully saturated rings. The molecule has 130 valence electrons. The molecule has 0 spiro atoms. The predicted molar refractivity (Wildman–Crippen MR) is 90.9 cm³/mol. The van der Waals surface area contributed by atoms with Crippen molar-refractivity contribution in [3.63, 3.8) is 0 Å². The van der Waals surface area contributed by atoms with Crippen LogP contribution in [0.2, 0.25) is 0 Å². The summed E-state index contributed by atoms with van der Waals surface area (Å²) in [6, 6.07) is 5.65. The molecular formula is C19H21N3O3. The highest BCUT2D eigenvalue weighted by Gasteiger charge is 2.44. The summed E-state index contributed by atoms with van der Waals surface area (Å²) in [6.45, 7) is 2.25. The molecule has 25 heavy (non-hydrogen) atoms. The minimum absolute atomic E-state index is 0.00612. The Morgan fingerprint density at radius 2 is 2.12 bits per heavy atom. The molecule has 5 heterocycles. The van der Waals surface area contributed by atoms with Gasteiger partial charge in [-0.2, -0.15) is 0 Å². The van der Waals surface area contributed by atoms with Gasteiger partial charge in [0.1, 0.15) is 11.2 Å². The van der Waals surface area contributed by atoms with Crippen molar-refractivity contribution >= 4 is 22.9 Å². The van der Waals surface area contributed by atoms with E-state index in [1.807, 2.05) is 11.0 Å². The van der Waals surface area contributed by atoms with Crippen LogP contribution in [-0.2, 0) is 4.79 Å². The summed E-state index contributed by atoms with van der Waals surface area (Å²) in [7, 11) is 0. The molecular weight excluding hydrogens is 318 g/mol. The minimum atomic E-state index is -0.00612. The molecule has 3 saturated heterocycles. The second kappa shape index (κ2) is 5.58. The summed E-state index contributed by atoms with van der Waals surface area (Å²) in [5.74, 6) is 1.09. The lowest BCUT2D eigenvalue weighted by Gasteiger charge is -2.52. The third kappa shape index (κ3) is 2.42. The van der Waals surface area contributed by atoms with Gasteiger partial charge in [0.2, 0.25) is 5.91 Å². The molecule has 3 aliphatic heterocycles. The molecule has 2 aromatic rings. The molecule has 0 unspecified atom stereocenters. The van der Waals surface area contributed by atoms with Crippen LogP contribution >= 0.6 is 0 Å². The van der Waals surface area contributed by atoms with Gasteiger partial charge in [-0.15, -0.1) is 0 Å². The molecule has 0 saturated carbocycles. The maximum absolute atomic E-state index is 13.0. The first-order valence-electron chi connectivity index (χ1n) is 9.12. The van der Waals surface area contributed by atoms with Gasteiger partial charge in [0.05, 0.1) is 6.26 Å². The lowest BCUT2D eigenvalue weighted by molar-refractivity contribution is -0.144. The molecule has 0 aliphatic carbocycles. The molecule has 3 aliphatic rings. The second-order valence-corrected chi connectivity index (χ2v) is 7.58. The molecule has 2 amide bonds. The lowest BCUT2D eigenvalue weighted by atomic mass is 9.76. The molecule has 0 N–H and O–H groups in total. The van der Waals surface area contributed by atoms with Gasteiger partial charge in [0, 0.05) is 38.2 Å². The Hall–Kier alpha value is -2.37. The minimum Gasteiger partial charge on any atom is -0.463 e. The van der Waals surface area contributed by atoms with Crippen LogP contribution in [0.15, 0.2) is 28.9 Å². The average Bonchev–Trinajstić information content (AvgIpc) is 3.09. The van der Waals surface area contributed by atoms with E-state index in [4.69, 9.17) is 4.42 Å². The summed E-state index contributed by atoms with van der Waals surface area (Å²) in [5, 5.41) is 0. The number of nitrogens with zero attached hydrogens (tertiary/aromatic N) is 3. The van der Waals surface area contributed by atoms with Gasteiger partial charge < -0.3 is 14.2 Å². The van der Waals surface area contributed by atoms with Gasteiger partial charge >= 0.3 is 0 Å². The highest BCUT2D eigenvalue weighted by Crippen LogP contribution is 2.38. The van der Waals surface area contributed by atoms with Crippen molar-refractivity contribution < 1.29 is 14.0 Å². The van der Waals surface area contributed by atoms with Crippen LogP contribution in [0.5, 0.6) is 0 Å². The number of pyridine rings is 1. The number of fused-ring (bicyclic) bond motifs is 5. The van der Waals surface area contributed by atoms with E-state index in [2.05, 4.69) is 9.88 Å². The fourth-order valence-corrected chi connectivity index (χ4v) is 4.91. The van der Waals surface area contributed by atoms with Gasteiger partial charge in [-0.05, 0) is 43.2 Å². The van der Waals surface area contributed by atoms with E-state index in [9.17, 15) is 9.59 Å². The van der Waals surface area contributed by atoms with Crippen molar-refractivity contribution in [2.75, 3.05) is 19.6 Å². The maximum atomic E-state index is 13.0. The number of hydrogen-bond donors (Lipinski definition) is 0. The topological polar surface area (TPSA) is 66.7 Å². The number of likely N-dealkylation sites (tertiary alicyclic amines) is 1. The summed E-state index contributed by atoms with van der Waals surface area (Å²) in [6.07, 6.45) is 5.46. The van der Waals surface area contributed by atoms with Gasteiger partial charge in [-0.3, -0.25) is 9.59 Å². The zero-order chi connectivity index (χ0) is 17.0. The van der Waals surface area contributed by atoms with Crippen LogP contribution in [0.25, 0.3) is 11.1 Å². The van der Waals surface area contributed by atoms with E-state index in [0.29, 0.717) is 47.0 Å². The van der Waals surface area contributed by atoms with Crippen molar-refractivity contribution in [3.05, 3.63) is 30.2 Å². The molecule has 2 aromatic heterocycles. The number of carbonyl (C=O) groups excluding carboxylic acids is 2. The quantitative estimate of drug-likeness (QED) is 0.799. The number of aromatic nitrogens is 1. The summed E-state index contributed by atoms with van der Waals surface area (Å²) in [4.78, 5) is 33.7. The molecule has 0 radical (unpaired) electrons. The summed E-state index contributed by atoms with van der Waals surface area (Å²) in [5.41, 5.74) is 1.89. The monoisotopic (exact) mass is 339 g/mol. The van der Waals surface area contributed by atoms with Gasteiger partial charge in [0.15, 0.2) is 5.58 Å². The van der Waals surface area contributed by atoms with Crippen LogP contribution in [0.3, 0.4) is 0 Å². The fraction of sp³-hybridized carbons (Fsp3) is 0.526. The maximum Gasteiger partial charge on any atom is 0.272 e. The zero-order valence-electron chi connectivity index (χ0n) is 14.1. The standard InChI is InChI=1S/C19H21N3O3/c23-18-3-1-2-16-13-8-12(10-22(16)18)9-21(11-13)19(24)15-4-5-17-14(20-15)6-7-25-17/h4-7,12-13,16H,1-3,8-11H2/t12-,13+,16-/m0/s1. The molecule has 0 aromatic carbocycles. The normalized spacial score (nSPS) is 29.0. The Balaban J connectivity index is 1.38. The van der Waals surface area contributed by atoms with Gasteiger partial charge in [-0.1, -0.05) is 0 Å². The molecule has 2 bridgehead atoms. The van der Waals surface area contributed by atoms with Crippen LogP contribution in [0.1, 0.15) is 36.2 Å². The number of furan rings is 1. The van der Waals surface area contributed by atoms with E-state index in [-0.39, 0.29) is 5.91 Å². The largest absolute Gasteiger partial charge is 0.463 e. The van der Waals surface area contributed by atoms with Crippen LogP contribution in [0.4, 0.5) is 0 Å². The Bertz CT molecular complexity index is 845. The Labute approximate surface area is 145 Å². The van der Waals surface area contributed by atoms with Gasteiger partial charge in [0.25, 0.3) is 5.91 Å². The summed E-state index contributed by atoms with van der Waals surface area (Å²) < 4.78 is 5.30. The third-order valence-corrected chi connectivity index (χ3v) is 5.99. The number of carbonyl (C=O) groups is 2. The number of amides is 2. The Morgan fingerprint density at radius 3 is 3.04 bits per heavy atom. The van der Waals surface area contributed by atoms with E-state index < -0.39 is 0 Å². The van der Waals surface area contributed by atoms with Gasteiger partial charge in [-0.25, -0.2) is 4.98 Å². The number of rotatable bonds is 1. The lowest BCUT2D eigenvalue weighted by Crippen LogP contribution is -2.61. The van der Waals surface area contributed by atoms with Crippen molar-refractivity contribution in [3.8, 4) is 0 Å². The first-order chi connectivity index (χ1) is 12.2. The van der Waals surface area contributed by atoms with E-state index >= 15 is 0 Å². The van der Waals surface area contributed by atoms with Crippen LogP contribution < -0.4 is 0 Å². The number of hydrogen-bond acceptors (Lipinski definition) is 4. The molecule has 6 nitrogen and oxygen atoms in total. The highest BCUT2D eigenvalue weighted by molar-refractivity contribution is 5.94. The number of piperidine rings is 3. The van der Waals surface area contributed by atoms with Crippen molar-refractivity contribution in [1.82, 2.24) is 14.8 Å². The predicted octanol–water partition coefficient (Wildman–Crippen LogP) is 2.30. The second-order valence-electron chi connectivity index (χ2n) is 7.58. The summed E-state index contributed by atoms with van der Waals surface area (Å²) >= 11 is 0. The van der Waals surface area contributed by atoms with Crippen molar-refractivity contribution in [2.24, 2.45) is 11.8 Å². The Kier molecular flexibility index (Phi) is 3.33. The molecule has 6 heteroatoms. The van der Waals surface area contributed by atoms with Crippen LogP contribution in [-0.4, -0.2) is 52.3 Å². The Morgan fingerprint density at radius 1 is 1.20 bits per heavy atom. The first kappa shape index (κ1) is 14.9. The smallest absolute Gasteiger partial charge is 0.272 e. The SMILES string of the molecule is O=C(c1ccc2occc2n1)N1C[C@@H]2C[C@H](C1)[C@@H]1CCCC(=O)N1C2. The van der Waals surface area contributed by atoms with Crippen molar-refractivity contribution in [2.45, 2.75) is 31.7 Å². The average molecular weight is 339 g/mol. The van der Waals surface area contributed by atoms with Crippen molar-refractivity contribution in [1.29, 1.82) is 0 Å². The van der Waals surface area contributed by atoms with E-state index in [1.54, 1.807) is 18.4 Å². The van der Waals surface area contributed by atoms with E-state index in [1.165, 1.54) is 0 Å². The first-order valence-corrected chi connectivity index (χ1v) is 9.12. The fourth-order valence-electron chi connectivity index (χ4n) is 4.91. The third-order valence-electron chi connectivity index (χ3n) is 5.99. The molecule has 5 rings (SSSR count).